The molecular formula is C9H9N5O. The van der Waals surface area contributed by atoms with E-state index >= 15 is 0 Å². The van der Waals surface area contributed by atoms with Gasteiger partial charge in [0.2, 0.25) is 5.91 Å². The molecule has 6 heteroatoms. The summed E-state index contributed by atoms with van der Waals surface area (Å²) in [6.45, 7) is 1.78. The summed E-state index contributed by atoms with van der Waals surface area (Å²) in [5.41, 5.74) is 6.31. The molecule has 0 aromatic carbocycles. The molecule has 0 fully saturated rings. The summed E-state index contributed by atoms with van der Waals surface area (Å²) in [6, 6.07) is 3.20. The Labute approximate surface area is 85.8 Å². The van der Waals surface area contributed by atoms with Gasteiger partial charge in [-0.05, 0) is 19.1 Å². The lowest BCUT2D eigenvalue weighted by Crippen LogP contribution is -2.13. The van der Waals surface area contributed by atoms with Crippen molar-refractivity contribution in [1.29, 1.82) is 0 Å². The number of hydrogen-bond donors (Lipinski definition) is 1. The Morgan fingerprint density at radius 2 is 2.27 bits per heavy atom. The molecule has 1 amide bonds. The summed E-state index contributed by atoms with van der Waals surface area (Å²) >= 11 is 0. The van der Waals surface area contributed by atoms with Crippen LogP contribution < -0.4 is 5.73 Å². The summed E-state index contributed by atoms with van der Waals surface area (Å²) in [4.78, 5) is 19.0. The van der Waals surface area contributed by atoms with Gasteiger partial charge in [0.05, 0.1) is 0 Å². The second kappa shape index (κ2) is 3.49. The molecule has 2 rings (SSSR count). The van der Waals surface area contributed by atoms with Crippen LogP contribution in [-0.4, -0.2) is 25.7 Å². The van der Waals surface area contributed by atoms with E-state index in [-0.39, 0.29) is 0 Å². The SMILES string of the molecule is Cc1cc(C(N)=O)cc(-n2cncn2)n1. The van der Waals surface area contributed by atoms with E-state index in [0.717, 1.165) is 0 Å². The quantitative estimate of drug-likeness (QED) is 0.748. The molecule has 0 unspecified atom stereocenters. The molecule has 0 spiro atoms. The molecule has 6 nitrogen and oxygen atoms in total. The Kier molecular flexibility index (Phi) is 2.17. The van der Waals surface area contributed by atoms with Crippen LogP contribution in [-0.2, 0) is 0 Å². The normalized spacial score (nSPS) is 10.2. The molecule has 0 aliphatic carbocycles. The zero-order valence-electron chi connectivity index (χ0n) is 8.08. The van der Waals surface area contributed by atoms with Gasteiger partial charge in [-0.2, -0.15) is 5.10 Å². The van der Waals surface area contributed by atoms with Crippen molar-refractivity contribution in [2.45, 2.75) is 6.92 Å². The standard InChI is InChI=1S/C9H9N5O/c1-6-2-7(9(10)15)3-8(13-6)14-5-11-4-12-14/h2-5H,1H3,(H2,10,15). The Bertz CT molecular complexity index is 491. The summed E-state index contributed by atoms with van der Waals surface area (Å²) in [5.74, 6) is 0.0446. The number of aryl methyl sites for hydroxylation is 1. The fourth-order valence-corrected chi connectivity index (χ4v) is 1.24. The Hall–Kier alpha value is -2.24. The summed E-state index contributed by atoms with van der Waals surface area (Å²) in [5, 5.41) is 3.92. The maximum Gasteiger partial charge on any atom is 0.248 e. The Balaban J connectivity index is 2.54. The lowest BCUT2D eigenvalue weighted by molar-refractivity contribution is 0.1000. The van der Waals surface area contributed by atoms with Crippen molar-refractivity contribution >= 4 is 5.91 Å². The number of nitrogens with two attached hydrogens (primary N) is 1. The monoisotopic (exact) mass is 203 g/mol. The average molecular weight is 203 g/mol. The van der Waals surface area contributed by atoms with Gasteiger partial charge in [-0.15, -0.1) is 0 Å². The minimum atomic E-state index is -0.484. The number of hydrogen-bond acceptors (Lipinski definition) is 4. The number of rotatable bonds is 2. The van der Waals surface area contributed by atoms with E-state index in [1.165, 1.54) is 17.3 Å². The number of nitrogens with zero attached hydrogens (tertiary/aromatic N) is 4. The smallest absolute Gasteiger partial charge is 0.248 e. The largest absolute Gasteiger partial charge is 0.366 e. The summed E-state index contributed by atoms with van der Waals surface area (Å²) in [7, 11) is 0. The summed E-state index contributed by atoms with van der Waals surface area (Å²) in [6.07, 6.45) is 2.90. The number of carbonyl (C=O) groups is 1. The van der Waals surface area contributed by atoms with Gasteiger partial charge in [0.25, 0.3) is 0 Å². The third-order valence-corrected chi connectivity index (χ3v) is 1.88. The van der Waals surface area contributed by atoms with Gasteiger partial charge < -0.3 is 5.73 Å². The van der Waals surface area contributed by atoms with Crippen LogP contribution in [0.25, 0.3) is 5.82 Å². The van der Waals surface area contributed by atoms with Crippen LogP contribution in [0.5, 0.6) is 0 Å². The zero-order chi connectivity index (χ0) is 10.8. The number of aromatic nitrogens is 4. The average Bonchev–Trinajstić information content (AvgIpc) is 2.69. The van der Waals surface area contributed by atoms with Crippen molar-refractivity contribution in [3.8, 4) is 5.82 Å². The fraction of sp³-hybridized carbons (Fsp3) is 0.111. The first-order valence-corrected chi connectivity index (χ1v) is 4.30. The second-order valence-corrected chi connectivity index (χ2v) is 3.06. The number of pyridine rings is 1. The van der Waals surface area contributed by atoms with E-state index in [1.807, 2.05) is 0 Å². The van der Waals surface area contributed by atoms with E-state index in [9.17, 15) is 4.79 Å². The molecule has 0 saturated heterocycles. The summed E-state index contributed by atoms with van der Waals surface area (Å²) < 4.78 is 1.47. The third kappa shape index (κ3) is 1.83. The van der Waals surface area contributed by atoms with Gasteiger partial charge in [-0.3, -0.25) is 4.79 Å². The van der Waals surface area contributed by atoms with Gasteiger partial charge in [0.1, 0.15) is 12.7 Å². The molecule has 0 aliphatic rings. The third-order valence-electron chi connectivity index (χ3n) is 1.88. The van der Waals surface area contributed by atoms with Crippen LogP contribution in [0, 0.1) is 6.92 Å². The zero-order valence-corrected chi connectivity index (χ0v) is 8.08. The van der Waals surface area contributed by atoms with Crippen LogP contribution in [0.3, 0.4) is 0 Å². The highest BCUT2D eigenvalue weighted by molar-refractivity contribution is 5.93. The predicted octanol–water partition coefficient (Wildman–Crippen LogP) is 0.0696. The fourth-order valence-electron chi connectivity index (χ4n) is 1.24. The van der Waals surface area contributed by atoms with E-state index in [1.54, 1.807) is 19.1 Å². The Morgan fingerprint density at radius 3 is 2.87 bits per heavy atom. The van der Waals surface area contributed by atoms with E-state index in [0.29, 0.717) is 17.1 Å². The highest BCUT2D eigenvalue weighted by Gasteiger charge is 2.06. The van der Waals surface area contributed by atoms with Crippen molar-refractivity contribution in [3.05, 3.63) is 36.0 Å². The van der Waals surface area contributed by atoms with Crippen molar-refractivity contribution in [3.63, 3.8) is 0 Å². The molecule has 2 aromatic rings. The predicted molar refractivity (Wildman–Crippen MR) is 52.4 cm³/mol. The molecule has 2 N–H and O–H groups in total. The molecule has 15 heavy (non-hydrogen) atoms. The Morgan fingerprint density at radius 1 is 1.47 bits per heavy atom. The van der Waals surface area contributed by atoms with Gasteiger partial charge in [-0.1, -0.05) is 0 Å². The van der Waals surface area contributed by atoms with E-state index in [2.05, 4.69) is 15.1 Å². The van der Waals surface area contributed by atoms with Crippen LogP contribution in [0.1, 0.15) is 16.1 Å². The highest BCUT2D eigenvalue weighted by atomic mass is 16.1. The van der Waals surface area contributed by atoms with Gasteiger partial charge >= 0.3 is 0 Å². The minimum absolute atomic E-state index is 0.410. The molecule has 0 bridgehead atoms. The van der Waals surface area contributed by atoms with Crippen molar-refractivity contribution in [1.82, 2.24) is 19.7 Å². The van der Waals surface area contributed by atoms with Gasteiger partial charge in [0.15, 0.2) is 5.82 Å². The minimum Gasteiger partial charge on any atom is -0.366 e. The maximum atomic E-state index is 11.0. The number of carbonyl (C=O) groups excluding carboxylic acids is 1. The second-order valence-electron chi connectivity index (χ2n) is 3.06. The van der Waals surface area contributed by atoms with E-state index < -0.39 is 5.91 Å². The lowest BCUT2D eigenvalue weighted by Gasteiger charge is -2.03. The molecule has 2 heterocycles. The molecule has 76 valence electrons. The molecular weight excluding hydrogens is 194 g/mol. The molecule has 0 saturated carbocycles. The molecule has 0 radical (unpaired) electrons. The highest BCUT2D eigenvalue weighted by Crippen LogP contribution is 2.08. The molecule has 0 atom stereocenters. The first kappa shape index (κ1) is 9.32. The maximum absolute atomic E-state index is 11.0. The van der Waals surface area contributed by atoms with Crippen LogP contribution in [0.2, 0.25) is 0 Å². The van der Waals surface area contributed by atoms with Crippen LogP contribution in [0.4, 0.5) is 0 Å². The van der Waals surface area contributed by atoms with E-state index in [4.69, 9.17) is 5.73 Å². The topological polar surface area (TPSA) is 86.7 Å². The van der Waals surface area contributed by atoms with Crippen LogP contribution >= 0.6 is 0 Å². The van der Waals surface area contributed by atoms with Crippen LogP contribution in [0.15, 0.2) is 24.8 Å². The molecule has 0 aliphatic heterocycles. The number of amides is 1. The van der Waals surface area contributed by atoms with Crippen molar-refractivity contribution in [2.75, 3.05) is 0 Å². The lowest BCUT2D eigenvalue weighted by atomic mass is 10.2. The van der Waals surface area contributed by atoms with Gasteiger partial charge in [-0.25, -0.2) is 14.6 Å². The van der Waals surface area contributed by atoms with Gasteiger partial charge in [0, 0.05) is 11.3 Å². The van der Waals surface area contributed by atoms with Crippen molar-refractivity contribution < 1.29 is 4.79 Å². The molecule has 2 aromatic heterocycles. The van der Waals surface area contributed by atoms with Crippen molar-refractivity contribution in [2.24, 2.45) is 5.73 Å². The number of primary amides is 1. The first-order chi connectivity index (χ1) is 7.16. The first-order valence-electron chi connectivity index (χ1n) is 4.30.